The van der Waals surface area contributed by atoms with E-state index in [1.807, 2.05) is 6.92 Å². The minimum Gasteiger partial charge on any atom is -0.462 e. The second-order valence-electron chi connectivity index (χ2n) is 2.81. The number of esters is 1. The van der Waals surface area contributed by atoms with Crippen LogP contribution in [0.2, 0.25) is 0 Å². The Labute approximate surface area is 88.1 Å². The Morgan fingerprint density at radius 2 is 2.07 bits per heavy atom. The Bertz CT molecular complexity index is 297. The second-order valence-corrected chi connectivity index (χ2v) is 3.00. The van der Waals surface area contributed by atoms with Crippen LogP contribution in [-0.2, 0) is 4.74 Å². The van der Waals surface area contributed by atoms with E-state index in [0.717, 1.165) is 12.1 Å². The monoisotopic (exact) mass is 213 g/mol. The predicted octanol–water partition coefficient (Wildman–Crippen LogP) is 2.82. The van der Waals surface area contributed by atoms with Gasteiger partial charge < -0.3 is 4.74 Å². The third kappa shape index (κ3) is 2.92. The summed E-state index contributed by atoms with van der Waals surface area (Å²) < 4.78 is 4.96. The molecule has 14 heavy (non-hydrogen) atoms. The first-order valence-corrected chi connectivity index (χ1v) is 4.79. The van der Waals surface area contributed by atoms with Crippen LogP contribution in [0, 0.1) is 0 Å². The Morgan fingerprint density at radius 1 is 1.43 bits per heavy atom. The van der Waals surface area contributed by atoms with Gasteiger partial charge >= 0.3 is 5.97 Å². The zero-order valence-electron chi connectivity index (χ0n) is 7.92. The van der Waals surface area contributed by atoms with Gasteiger partial charge in [0, 0.05) is 17.5 Å². The fraction of sp³-hybridized carbons (Fsp3) is 0.300. The van der Waals surface area contributed by atoms with Crippen LogP contribution in [0.1, 0.15) is 23.7 Å². The van der Waals surface area contributed by atoms with Crippen molar-refractivity contribution in [3.63, 3.8) is 0 Å². The normalized spacial score (nSPS) is 9.57. The Balaban J connectivity index is 2.62. The number of halogens is 1. The highest BCUT2D eigenvalue weighted by Crippen LogP contribution is 2.11. The molecule has 0 aliphatic rings. The summed E-state index contributed by atoms with van der Waals surface area (Å²) >= 11 is 5.38. The van der Waals surface area contributed by atoms with E-state index in [2.05, 4.69) is 4.84 Å². The largest absolute Gasteiger partial charge is 0.462 e. The van der Waals surface area contributed by atoms with E-state index in [-0.39, 0.29) is 5.97 Å². The van der Waals surface area contributed by atoms with Crippen molar-refractivity contribution < 1.29 is 9.53 Å². The van der Waals surface area contributed by atoms with Gasteiger partial charge in [-0.2, -0.15) is 0 Å². The minimum absolute atomic E-state index is 0.298. The summed E-state index contributed by atoms with van der Waals surface area (Å²) in [7, 11) is 0. The highest BCUT2D eigenvalue weighted by atomic mass is 35.5. The average molecular weight is 214 g/mol. The van der Waals surface area contributed by atoms with Crippen molar-refractivity contribution in [2.45, 2.75) is 13.3 Å². The van der Waals surface area contributed by atoms with Gasteiger partial charge in [0.2, 0.25) is 0 Å². The molecule has 1 rings (SSSR count). The lowest BCUT2D eigenvalue weighted by molar-refractivity contribution is 0.0505. The standard InChI is InChI=1S/C10H12ClNO2/c1-2-7-14-10(13)8-3-5-9(12-11)6-4-8/h3-6,12H,2,7H2,1H3. The van der Waals surface area contributed by atoms with Crippen molar-refractivity contribution >= 4 is 23.4 Å². The summed E-state index contributed by atoms with van der Waals surface area (Å²) in [6, 6.07) is 6.77. The fourth-order valence-corrected chi connectivity index (χ4v) is 1.07. The molecule has 1 aromatic rings. The summed E-state index contributed by atoms with van der Waals surface area (Å²) in [6.45, 7) is 2.40. The topological polar surface area (TPSA) is 38.3 Å². The van der Waals surface area contributed by atoms with E-state index in [1.165, 1.54) is 0 Å². The van der Waals surface area contributed by atoms with Gasteiger partial charge in [0.25, 0.3) is 0 Å². The second kappa shape index (κ2) is 5.50. The van der Waals surface area contributed by atoms with Gasteiger partial charge in [-0.1, -0.05) is 6.92 Å². The summed E-state index contributed by atoms with van der Waals surface area (Å²) in [5, 5.41) is 0. The molecule has 0 aliphatic carbocycles. The van der Waals surface area contributed by atoms with Crippen molar-refractivity contribution in [3.05, 3.63) is 29.8 Å². The predicted molar refractivity (Wildman–Crippen MR) is 56.5 cm³/mol. The molecule has 0 saturated carbocycles. The van der Waals surface area contributed by atoms with E-state index in [9.17, 15) is 4.79 Å². The molecule has 4 heteroatoms. The number of hydrogen-bond acceptors (Lipinski definition) is 3. The van der Waals surface area contributed by atoms with Crippen LogP contribution in [0.25, 0.3) is 0 Å². The molecule has 0 spiro atoms. The van der Waals surface area contributed by atoms with E-state index in [4.69, 9.17) is 16.5 Å². The van der Waals surface area contributed by atoms with Gasteiger partial charge in [0.1, 0.15) is 0 Å². The smallest absolute Gasteiger partial charge is 0.338 e. The maximum absolute atomic E-state index is 11.3. The lowest BCUT2D eigenvalue weighted by Crippen LogP contribution is -2.05. The molecule has 0 heterocycles. The molecule has 3 nitrogen and oxygen atoms in total. The highest BCUT2D eigenvalue weighted by molar-refractivity contribution is 6.23. The van der Waals surface area contributed by atoms with Crippen molar-refractivity contribution in [1.29, 1.82) is 0 Å². The van der Waals surface area contributed by atoms with Crippen LogP contribution in [0.15, 0.2) is 24.3 Å². The summed E-state index contributed by atoms with van der Waals surface area (Å²) in [5.41, 5.74) is 1.29. The van der Waals surface area contributed by atoms with Crippen molar-refractivity contribution in [2.75, 3.05) is 11.4 Å². The maximum atomic E-state index is 11.3. The number of benzene rings is 1. The molecule has 0 aliphatic heterocycles. The molecule has 0 saturated heterocycles. The lowest BCUT2D eigenvalue weighted by atomic mass is 10.2. The van der Waals surface area contributed by atoms with Gasteiger partial charge in [0.15, 0.2) is 0 Å². The van der Waals surface area contributed by atoms with Crippen LogP contribution < -0.4 is 4.84 Å². The number of nitrogens with one attached hydrogen (secondary N) is 1. The summed E-state index contributed by atoms with van der Waals surface area (Å²) in [5.74, 6) is -0.298. The molecule has 0 amide bonds. The third-order valence-corrected chi connectivity index (χ3v) is 1.89. The number of hydrogen-bond donors (Lipinski definition) is 1. The van der Waals surface area contributed by atoms with Gasteiger partial charge in [0.05, 0.1) is 12.2 Å². The quantitative estimate of drug-likeness (QED) is 0.618. The molecule has 0 radical (unpaired) electrons. The third-order valence-electron chi connectivity index (χ3n) is 1.67. The first kappa shape index (κ1) is 10.9. The fourth-order valence-electron chi connectivity index (χ4n) is 0.947. The molecule has 0 atom stereocenters. The molecule has 0 unspecified atom stereocenters. The lowest BCUT2D eigenvalue weighted by Gasteiger charge is -2.03. The SMILES string of the molecule is CCCOC(=O)c1ccc(NCl)cc1. The van der Waals surface area contributed by atoms with Gasteiger partial charge in [-0.15, -0.1) is 0 Å². The molecular weight excluding hydrogens is 202 g/mol. The Morgan fingerprint density at radius 3 is 2.57 bits per heavy atom. The average Bonchev–Trinajstić information content (AvgIpc) is 2.26. The molecule has 0 fully saturated rings. The number of carbonyl (C=O) groups excluding carboxylic acids is 1. The van der Waals surface area contributed by atoms with Gasteiger partial charge in [-0.25, -0.2) is 4.79 Å². The molecular formula is C10H12ClNO2. The van der Waals surface area contributed by atoms with Crippen LogP contribution >= 0.6 is 11.8 Å². The number of rotatable bonds is 4. The Kier molecular flexibility index (Phi) is 4.26. The molecule has 0 aromatic heterocycles. The van der Waals surface area contributed by atoms with Crippen LogP contribution in [-0.4, -0.2) is 12.6 Å². The van der Waals surface area contributed by atoms with E-state index in [0.29, 0.717) is 12.2 Å². The van der Waals surface area contributed by atoms with Crippen LogP contribution in [0.4, 0.5) is 5.69 Å². The number of anilines is 1. The van der Waals surface area contributed by atoms with Gasteiger partial charge in [-0.05, 0) is 30.7 Å². The molecule has 1 aromatic carbocycles. The number of carbonyl (C=O) groups is 1. The Hall–Kier alpha value is -1.22. The maximum Gasteiger partial charge on any atom is 0.338 e. The molecule has 1 N–H and O–H groups in total. The van der Waals surface area contributed by atoms with Crippen LogP contribution in [0.5, 0.6) is 0 Å². The zero-order valence-corrected chi connectivity index (χ0v) is 8.67. The van der Waals surface area contributed by atoms with Crippen molar-refractivity contribution in [2.24, 2.45) is 0 Å². The molecule has 0 bridgehead atoms. The highest BCUT2D eigenvalue weighted by Gasteiger charge is 2.05. The van der Waals surface area contributed by atoms with Crippen molar-refractivity contribution in [1.82, 2.24) is 0 Å². The number of ether oxygens (including phenoxy) is 1. The van der Waals surface area contributed by atoms with E-state index >= 15 is 0 Å². The van der Waals surface area contributed by atoms with Crippen LogP contribution in [0.3, 0.4) is 0 Å². The van der Waals surface area contributed by atoms with Crippen molar-refractivity contribution in [3.8, 4) is 0 Å². The zero-order chi connectivity index (χ0) is 10.4. The first-order valence-electron chi connectivity index (χ1n) is 4.41. The summed E-state index contributed by atoms with van der Waals surface area (Å²) in [4.78, 5) is 13.8. The first-order chi connectivity index (χ1) is 6.77. The van der Waals surface area contributed by atoms with E-state index < -0.39 is 0 Å². The molecule has 76 valence electrons. The van der Waals surface area contributed by atoms with Gasteiger partial charge in [-0.3, -0.25) is 4.84 Å². The van der Waals surface area contributed by atoms with E-state index in [1.54, 1.807) is 24.3 Å². The minimum atomic E-state index is -0.298. The summed E-state index contributed by atoms with van der Waals surface area (Å²) in [6.07, 6.45) is 0.826.